The predicted octanol–water partition coefficient (Wildman–Crippen LogP) is -0.300. The van der Waals surface area contributed by atoms with E-state index < -0.39 is 12.1 Å². The third-order valence-corrected chi connectivity index (χ3v) is 4.18. The fraction of sp³-hybridized carbons (Fsp3) is 0.846. The monoisotopic (exact) mass is 285 g/mol. The van der Waals surface area contributed by atoms with E-state index in [0.717, 1.165) is 26.1 Å². The van der Waals surface area contributed by atoms with Gasteiger partial charge in [-0.3, -0.25) is 4.90 Å². The van der Waals surface area contributed by atoms with Gasteiger partial charge < -0.3 is 20.4 Å². The molecular weight excluding hydrogens is 262 g/mol. The van der Waals surface area contributed by atoms with Crippen LogP contribution >= 0.6 is 0 Å². The van der Waals surface area contributed by atoms with Crippen LogP contribution in [0.4, 0.5) is 4.79 Å². The molecule has 3 N–H and O–H groups in total. The number of carboxylic acids is 1. The molecule has 0 aromatic heterocycles. The molecule has 2 amide bonds. The lowest BCUT2D eigenvalue weighted by Crippen LogP contribution is -2.59. The Morgan fingerprint density at radius 1 is 1.40 bits per heavy atom. The quantitative estimate of drug-likeness (QED) is 0.659. The van der Waals surface area contributed by atoms with Crippen LogP contribution in [-0.2, 0) is 4.79 Å². The van der Waals surface area contributed by atoms with Gasteiger partial charge >= 0.3 is 12.0 Å². The number of aliphatic hydroxyl groups excluding tert-OH is 1. The molecule has 0 saturated carbocycles. The second kappa shape index (κ2) is 6.41. The van der Waals surface area contributed by atoms with E-state index in [1.54, 1.807) is 0 Å². The zero-order valence-electron chi connectivity index (χ0n) is 11.8. The lowest BCUT2D eigenvalue weighted by molar-refractivity contribution is -0.146. The van der Waals surface area contributed by atoms with Crippen molar-refractivity contribution >= 4 is 12.0 Å². The topological polar surface area (TPSA) is 93.1 Å². The van der Waals surface area contributed by atoms with E-state index in [1.165, 1.54) is 6.42 Å². The minimum Gasteiger partial charge on any atom is -0.479 e. The number of nitrogens with one attached hydrogen (secondary N) is 1. The summed E-state index contributed by atoms with van der Waals surface area (Å²) in [5, 5.41) is 20.4. The molecule has 0 bridgehead atoms. The Bertz CT molecular complexity index is 377. The summed E-state index contributed by atoms with van der Waals surface area (Å²) in [6, 6.07) is 0.456. The molecule has 0 aliphatic carbocycles. The second-order valence-electron chi connectivity index (χ2n) is 5.67. The van der Waals surface area contributed by atoms with Gasteiger partial charge in [0.25, 0.3) is 0 Å². The fourth-order valence-corrected chi connectivity index (χ4v) is 3.01. The summed E-state index contributed by atoms with van der Waals surface area (Å²) in [7, 11) is 0. The van der Waals surface area contributed by atoms with Crippen LogP contribution in [0.25, 0.3) is 0 Å². The van der Waals surface area contributed by atoms with Crippen molar-refractivity contribution in [1.82, 2.24) is 15.1 Å². The number of aliphatic hydroxyl groups is 1. The van der Waals surface area contributed by atoms with E-state index in [0.29, 0.717) is 6.04 Å². The number of carbonyl (C=O) groups is 2. The van der Waals surface area contributed by atoms with Gasteiger partial charge in [0.1, 0.15) is 0 Å². The maximum Gasteiger partial charge on any atom is 0.332 e. The van der Waals surface area contributed by atoms with Gasteiger partial charge in [-0.1, -0.05) is 0 Å². The van der Waals surface area contributed by atoms with E-state index in [-0.39, 0.29) is 25.0 Å². The number of piperazine rings is 1. The number of carboxylic acid groups (broad SMARTS) is 1. The van der Waals surface area contributed by atoms with Gasteiger partial charge in [-0.25, -0.2) is 9.59 Å². The molecule has 0 aromatic carbocycles. The zero-order valence-corrected chi connectivity index (χ0v) is 11.8. The highest BCUT2D eigenvalue weighted by atomic mass is 16.4. The highest BCUT2D eigenvalue weighted by molar-refractivity contribution is 5.75. The molecule has 20 heavy (non-hydrogen) atoms. The van der Waals surface area contributed by atoms with Crippen molar-refractivity contribution in [3.63, 3.8) is 0 Å². The van der Waals surface area contributed by atoms with Gasteiger partial charge in [-0.05, 0) is 26.3 Å². The number of carbonyl (C=O) groups excluding carboxylic acids is 1. The molecule has 7 heteroatoms. The number of hydrogen-bond donors (Lipinski definition) is 3. The van der Waals surface area contributed by atoms with E-state index in [4.69, 9.17) is 10.2 Å². The molecule has 2 aliphatic rings. The first-order valence-electron chi connectivity index (χ1n) is 7.18. The minimum atomic E-state index is -1.42. The molecule has 2 heterocycles. The molecular formula is C13H23N3O4. The molecule has 2 unspecified atom stereocenters. The third kappa shape index (κ3) is 3.40. The van der Waals surface area contributed by atoms with Crippen LogP contribution < -0.4 is 5.32 Å². The van der Waals surface area contributed by atoms with Crippen molar-refractivity contribution in [3.8, 4) is 0 Å². The number of hydrogen-bond acceptors (Lipinski definition) is 4. The minimum absolute atomic E-state index is 0.0266. The number of nitrogens with zero attached hydrogens (tertiary/aromatic N) is 2. The summed E-state index contributed by atoms with van der Waals surface area (Å²) in [5.41, 5.74) is 0. The molecule has 2 aliphatic heterocycles. The molecule has 2 rings (SSSR count). The maximum absolute atomic E-state index is 12.1. The van der Waals surface area contributed by atoms with Crippen LogP contribution in [0.3, 0.4) is 0 Å². The Kier molecular flexibility index (Phi) is 4.82. The summed E-state index contributed by atoms with van der Waals surface area (Å²) < 4.78 is 0. The molecule has 0 radical (unpaired) electrons. The van der Waals surface area contributed by atoms with Crippen LogP contribution in [0.2, 0.25) is 0 Å². The van der Waals surface area contributed by atoms with Gasteiger partial charge in [0, 0.05) is 38.1 Å². The molecule has 0 spiro atoms. The summed E-state index contributed by atoms with van der Waals surface area (Å²) in [5.74, 6) is -1.26. The van der Waals surface area contributed by atoms with Crippen LogP contribution in [-0.4, -0.2) is 76.4 Å². The average molecular weight is 285 g/mol. The third-order valence-electron chi connectivity index (χ3n) is 4.18. The Morgan fingerprint density at radius 2 is 2.15 bits per heavy atom. The largest absolute Gasteiger partial charge is 0.479 e. The van der Waals surface area contributed by atoms with Crippen LogP contribution in [0, 0.1) is 0 Å². The summed E-state index contributed by atoms with van der Waals surface area (Å²) in [6.45, 7) is 4.95. The first-order chi connectivity index (χ1) is 9.49. The summed E-state index contributed by atoms with van der Waals surface area (Å²) in [6.07, 6.45) is 0.935. The van der Waals surface area contributed by atoms with E-state index in [2.05, 4.69) is 10.2 Å². The Labute approximate surface area is 118 Å². The first-order valence-corrected chi connectivity index (χ1v) is 7.18. The SMILES string of the molecule is CC1CN2CCCC2CN1C(=O)NCC[C@H](O)C(=O)O. The van der Waals surface area contributed by atoms with E-state index in [9.17, 15) is 9.59 Å². The Balaban J connectivity index is 1.78. The van der Waals surface area contributed by atoms with Crippen LogP contribution in [0.15, 0.2) is 0 Å². The lowest BCUT2D eigenvalue weighted by Gasteiger charge is -2.42. The van der Waals surface area contributed by atoms with Gasteiger partial charge in [-0.15, -0.1) is 0 Å². The highest BCUT2D eigenvalue weighted by Gasteiger charge is 2.36. The molecule has 0 aromatic rings. The molecule has 2 fully saturated rings. The molecule has 7 nitrogen and oxygen atoms in total. The Morgan fingerprint density at radius 3 is 2.85 bits per heavy atom. The van der Waals surface area contributed by atoms with Crippen molar-refractivity contribution in [2.75, 3.05) is 26.2 Å². The standard InChI is InChI=1S/C13H23N3O4/c1-9-7-15-6-2-3-10(15)8-16(9)13(20)14-5-4-11(17)12(18)19/h9-11,17H,2-8H2,1H3,(H,14,20)(H,18,19)/t9?,10?,11-/m0/s1. The average Bonchev–Trinajstić information content (AvgIpc) is 2.84. The first kappa shape index (κ1) is 15.1. The number of urea groups is 1. The van der Waals surface area contributed by atoms with Gasteiger partial charge in [0.15, 0.2) is 6.10 Å². The van der Waals surface area contributed by atoms with Gasteiger partial charge in [-0.2, -0.15) is 0 Å². The summed E-state index contributed by atoms with van der Waals surface area (Å²) >= 11 is 0. The van der Waals surface area contributed by atoms with Crippen molar-refractivity contribution in [1.29, 1.82) is 0 Å². The highest BCUT2D eigenvalue weighted by Crippen LogP contribution is 2.24. The van der Waals surface area contributed by atoms with Crippen LogP contribution in [0.1, 0.15) is 26.2 Å². The lowest BCUT2D eigenvalue weighted by atomic mass is 10.1. The Hall–Kier alpha value is -1.34. The number of rotatable bonds is 4. The number of amides is 2. The second-order valence-corrected chi connectivity index (χ2v) is 5.67. The zero-order chi connectivity index (χ0) is 14.7. The van der Waals surface area contributed by atoms with Crippen molar-refractivity contribution in [2.24, 2.45) is 0 Å². The number of aliphatic carboxylic acids is 1. The fourth-order valence-electron chi connectivity index (χ4n) is 3.01. The molecule has 2 saturated heterocycles. The van der Waals surface area contributed by atoms with E-state index in [1.807, 2.05) is 11.8 Å². The normalized spacial score (nSPS) is 28.0. The predicted molar refractivity (Wildman–Crippen MR) is 72.4 cm³/mol. The molecule has 114 valence electrons. The van der Waals surface area contributed by atoms with Crippen molar-refractivity contribution in [3.05, 3.63) is 0 Å². The van der Waals surface area contributed by atoms with Crippen molar-refractivity contribution < 1.29 is 19.8 Å². The van der Waals surface area contributed by atoms with Crippen LogP contribution in [0.5, 0.6) is 0 Å². The maximum atomic E-state index is 12.1. The molecule has 3 atom stereocenters. The van der Waals surface area contributed by atoms with Gasteiger partial charge in [0.2, 0.25) is 0 Å². The smallest absolute Gasteiger partial charge is 0.332 e. The van der Waals surface area contributed by atoms with E-state index >= 15 is 0 Å². The van der Waals surface area contributed by atoms with Crippen molar-refractivity contribution in [2.45, 2.75) is 44.4 Å². The number of fused-ring (bicyclic) bond motifs is 1. The summed E-state index contributed by atoms with van der Waals surface area (Å²) in [4.78, 5) is 26.8. The van der Waals surface area contributed by atoms with Gasteiger partial charge in [0.05, 0.1) is 0 Å².